The second-order valence-electron chi connectivity index (χ2n) is 6.29. The highest BCUT2D eigenvalue weighted by Crippen LogP contribution is 2.34. The van der Waals surface area contributed by atoms with Crippen molar-refractivity contribution < 1.29 is 9.50 Å². The van der Waals surface area contributed by atoms with Crippen molar-refractivity contribution in [3.05, 3.63) is 33.6 Å². The van der Waals surface area contributed by atoms with Crippen LogP contribution >= 0.6 is 23.2 Å². The fraction of sp³-hybridized carbons (Fsp3) is 0.625. The van der Waals surface area contributed by atoms with Gasteiger partial charge in [0.05, 0.1) is 10.6 Å². The van der Waals surface area contributed by atoms with Crippen LogP contribution in [-0.4, -0.2) is 17.3 Å². The monoisotopic (exact) mass is 333 g/mol. The number of benzene rings is 1. The van der Waals surface area contributed by atoms with Gasteiger partial charge in [0.1, 0.15) is 5.82 Å². The Balaban J connectivity index is 2.05. The van der Waals surface area contributed by atoms with Gasteiger partial charge in [-0.3, -0.25) is 0 Å². The summed E-state index contributed by atoms with van der Waals surface area (Å²) in [6.45, 7) is 4.50. The van der Waals surface area contributed by atoms with Gasteiger partial charge in [0.2, 0.25) is 0 Å². The van der Waals surface area contributed by atoms with Crippen LogP contribution in [0.5, 0.6) is 0 Å². The van der Waals surface area contributed by atoms with Crippen LogP contribution in [0.25, 0.3) is 0 Å². The molecule has 0 spiro atoms. The smallest absolute Gasteiger partial charge is 0.142 e. The molecule has 0 saturated heterocycles. The van der Waals surface area contributed by atoms with Crippen LogP contribution in [0.3, 0.4) is 0 Å². The van der Waals surface area contributed by atoms with Crippen molar-refractivity contribution in [2.75, 3.05) is 6.54 Å². The molecule has 2 N–H and O–H groups in total. The lowest BCUT2D eigenvalue weighted by atomic mass is 9.79. The van der Waals surface area contributed by atoms with Crippen LogP contribution in [0, 0.1) is 11.7 Å². The SMILES string of the molecule is CC1CCCC(O)(CNC(C)c2c(Cl)ccc(F)c2Cl)C1. The number of halogens is 3. The quantitative estimate of drug-likeness (QED) is 0.781. The average molecular weight is 334 g/mol. The van der Waals surface area contributed by atoms with Gasteiger partial charge < -0.3 is 10.4 Å². The van der Waals surface area contributed by atoms with Crippen LogP contribution in [0.4, 0.5) is 4.39 Å². The van der Waals surface area contributed by atoms with E-state index in [-0.39, 0.29) is 11.1 Å². The van der Waals surface area contributed by atoms with Gasteiger partial charge in [-0.25, -0.2) is 4.39 Å². The van der Waals surface area contributed by atoms with Crippen LogP contribution in [0.15, 0.2) is 12.1 Å². The first kappa shape index (κ1) is 17.0. The Kier molecular flexibility index (Phi) is 5.53. The van der Waals surface area contributed by atoms with Crippen molar-refractivity contribution in [2.24, 2.45) is 5.92 Å². The molecule has 0 aliphatic heterocycles. The minimum atomic E-state index is -0.696. The zero-order chi connectivity index (χ0) is 15.6. The van der Waals surface area contributed by atoms with Crippen LogP contribution in [0.1, 0.15) is 51.1 Å². The maximum Gasteiger partial charge on any atom is 0.142 e. The van der Waals surface area contributed by atoms with Gasteiger partial charge in [0.25, 0.3) is 0 Å². The Hall–Kier alpha value is -0.350. The molecule has 1 aliphatic carbocycles. The summed E-state index contributed by atoms with van der Waals surface area (Å²) in [6, 6.07) is 2.55. The van der Waals surface area contributed by atoms with Crippen LogP contribution < -0.4 is 5.32 Å². The van der Waals surface area contributed by atoms with Crippen molar-refractivity contribution in [1.29, 1.82) is 0 Å². The molecule has 0 amide bonds. The summed E-state index contributed by atoms with van der Waals surface area (Å²) in [5.74, 6) is 0.0527. The Labute approximate surface area is 135 Å². The molecule has 2 nitrogen and oxygen atoms in total. The molecule has 21 heavy (non-hydrogen) atoms. The third-order valence-corrected chi connectivity index (χ3v) is 5.03. The first-order chi connectivity index (χ1) is 9.82. The van der Waals surface area contributed by atoms with E-state index in [0.717, 1.165) is 19.3 Å². The summed E-state index contributed by atoms with van der Waals surface area (Å²) in [5, 5.41) is 14.4. The molecule has 2 rings (SSSR count). The molecule has 3 atom stereocenters. The van der Waals surface area contributed by atoms with Crippen molar-refractivity contribution >= 4 is 23.2 Å². The lowest BCUT2D eigenvalue weighted by Crippen LogP contribution is -2.44. The van der Waals surface area contributed by atoms with Crippen LogP contribution in [-0.2, 0) is 0 Å². The summed E-state index contributed by atoms with van der Waals surface area (Å²) in [7, 11) is 0. The summed E-state index contributed by atoms with van der Waals surface area (Å²) in [5.41, 5.74) is -0.149. The van der Waals surface area contributed by atoms with Gasteiger partial charge in [-0.2, -0.15) is 0 Å². The number of hydrogen-bond acceptors (Lipinski definition) is 2. The van der Waals surface area contributed by atoms with Gasteiger partial charge in [-0.05, 0) is 37.8 Å². The van der Waals surface area contributed by atoms with E-state index < -0.39 is 11.4 Å². The standard InChI is InChI=1S/C16H22Cl2FNO/c1-10-4-3-7-16(21,8-10)9-20-11(2)14-12(17)5-6-13(19)15(14)18/h5-6,10-11,20-21H,3-4,7-9H2,1-2H3. The molecule has 0 bridgehead atoms. The maximum absolute atomic E-state index is 13.6. The second-order valence-corrected chi connectivity index (χ2v) is 7.07. The molecule has 5 heteroatoms. The van der Waals surface area contributed by atoms with Gasteiger partial charge in [0.15, 0.2) is 0 Å². The van der Waals surface area contributed by atoms with E-state index in [9.17, 15) is 9.50 Å². The Bertz CT molecular complexity index is 511. The number of aliphatic hydroxyl groups is 1. The molecular weight excluding hydrogens is 312 g/mol. The van der Waals surface area contributed by atoms with E-state index in [2.05, 4.69) is 12.2 Å². The zero-order valence-corrected chi connectivity index (χ0v) is 13.9. The van der Waals surface area contributed by atoms with E-state index in [0.29, 0.717) is 23.0 Å². The third kappa shape index (κ3) is 4.10. The lowest BCUT2D eigenvalue weighted by molar-refractivity contribution is -0.0134. The van der Waals surface area contributed by atoms with E-state index in [1.807, 2.05) is 6.92 Å². The molecule has 1 fully saturated rings. The number of rotatable bonds is 4. The highest BCUT2D eigenvalue weighted by molar-refractivity contribution is 6.36. The summed E-state index contributed by atoms with van der Waals surface area (Å²) < 4.78 is 13.6. The second kappa shape index (κ2) is 6.82. The zero-order valence-electron chi connectivity index (χ0n) is 12.4. The Morgan fingerprint density at radius 1 is 1.48 bits per heavy atom. The van der Waals surface area contributed by atoms with Gasteiger partial charge in [-0.15, -0.1) is 0 Å². The Morgan fingerprint density at radius 3 is 2.86 bits per heavy atom. The topological polar surface area (TPSA) is 32.3 Å². The van der Waals surface area contributed by atoms with Crippen molar-refractivity contribution in [3.63, 3.8) is 0 Å². The number of nitrogens with one attached hydrogen (secondary N) is 1. The summed E-state index contributed by atoms with van der Waals surface area (Å²) in [4.78, 5) is 0. The summed E-state index contributed by atoms with van der Waals surface area (Å²) >= 11 is 12.1. The van der Waals surface area contributed by atoms with Crippen LogP contribution in [0.2, 0.25) is 10.0 Å². The predicted octanol–water partition coefficient (Wildman–Crippen LogP) is 4.72. The van der Waals surface area contributed by atoms with E-state index in [1.54, 1.807) is 0 Å². The molecule has 0 aromatic heterocycles. The van der Waals surface area contributed by atoms with Crippen molar-refractivity contribution in [3.8, 4) is 0 Å². The first-order valence-corrected chi connectivity index (χ1v) is 8.17. The molecule has 0 heterocycles. The van der Waals surface area contributed by atoms with E-state index in [1.165, 1.54) is 18.6 Å². The molecule has 1 aliphatic rings. The third-order valence-electron chi connectivity index (χ3n) is 4.32. The fourth-order valence-corrected chi connectivity index (χ4v) is 3.88. The maximum atomic E-state index is 13.6. The highest BCUT2D eigenvalue weighted by Gasteiger charge is 2.33. The molecule has 1 saturated carbocycles. The van der Waals surface area contributed by atoms with Gasteiger partial charge >= 0.3 is 0 Å². The molecule has 118 valence electrons. The lowest BCUT2D eigenvalue weighted by Gasteiger charge is -2.36. The average Bonchev–Trinajstić information content (AvgIpc) is 2.41. The first-order valence-electron chi connectivity index (χ1n) is 7.41. The predicted molar refractivity (Wildman–Crippen MR) is 85.4 cm³/mol. The summed E-state index contributed by atoms with van der Waals surface area (Å²) in [6.07, 6.45) is 3.79. The molecular formula is C16H22Cl2FNO. The molecule has 1 aromatic rings. The van der Waals surface area contributed by atoms with Crippen molar-refractivity contribution in [2.45, 2.75) is 51.2 Å². The minimum absolute atomic E-state index is 0.0477. The molecule has 0 radical (unpaired) electrons. The normalized spacial score (nSPS) is 27.6. The fourth-order valence-electron chi connectivity index (χ4n) is 3.18. The number of hydrogen-bond donors (Lipinski definition) is 2. The minimum Gasteiger partial charge on any atom is -0.389 e. The van der Waals surface area contributed by atoms with Gasteiger partial charge in [0, 0.05) is 23.2 Å². The van der Waals surface area contributed by atoms with Crippen molar-refractivity contribution in [1.82, 2.24) is 5.32 Å². The largest absolute Gasteiger partial charge is 0.389 e. The molecule has 3 unspecified atom stereocenters. The Morgan fingerprint density at radius 2 is 2.19 bits per heavy atom. The van der Waals surface area contributed by atoms with E-state index in [4.69, 9.17) is 23.2 Å². The molecule has 1 aromatic carbocycles. The van der Waals surface area contributed by atoms with E-state index >= 15 is 0 Å². The highest BCUT2D eigenvalue weighted by atomic mass is 35.5. The van der Waals surface area contributed by atoms with Gasteiger partial charge in [-0.1, -0.05) is 43.0 Å².